The normalized spacial score (nSPS) is 24.0. The lowest BCUT2D eigenvalue weighted by Gasteiger charge is -2.40. The van der Waals surface area contributed by atoms with E-state index in [-0.39, 0.29) is 18.2 Å². The second kappa shape index (κ2) is 23.6. The van der Waals surface area contributed by atoms with Crippen LogP contribution in [0.25, 0.3) is 0 Å². The third-order valence-electron chi connectivity index (χ3n) is 6.70. The zero-order valence-electron chi connectivity index (χ0n) is 26.1. The zero-order valence-corrected chi connectivity index (χ0v) is 26.1. The van der Waals surface area contributed by atoms with Crippen LogP contribution < -0.4 is 10.6 Å². The Kier molecular flexibility index (Phi) is 21.0. The zero-order chi connectivity index (χ0) is 31.9. The van der Waals surface area contributed by atoms with Gasteiger partial charge in [0.2, 0.25) is 11.8 Å². The quantitative estimate of drug-likeness (QED) is 0.116. The Hall–Kier alpha value is -2.82. The van der Waals surface area contributed by atoms with Crippen LogP contribution in [0.3, 0.4) is 0 Å². The molecule has 1 fully saturated rings. The molecule has 242 valence electrons. The summed E-state index contributed by atoms with van der Waals surface area (Å²) in [7, 11) is 0. The van der Waals surface area contributed by atoms with Crippen LogP contribution in [0, 0.1) is 5.92 Å². The molecule has 43 heavy (non-hydrogen) atoms. The summed E-state index contributed by atoms with van der Waals surface area (Å²) in [4.78, 5) is 25.4. The molecule has 1 heterocycles. The third kappa shape index (κ3) is 17.2. The van der Waals surface area contributed by atoms with Gasteiger partial charge in [-0.3, -0.25) is 9.59 Å². The average Bonchev–Trinajstić information content (AvgIpc) is 2.97. The van der Waals surface area contributed by atoms with Crippen molar-refractivity contribution < 1.29 is 34.8 Å². The predicted octanol–water partition coefficient (Wildman–Crippen LogP) is 3.91. The van der Waals surface area contributed by atoms with Crippen molar-refractivity contribution in [3.05, 3.63) is 72.9 Å². The molecule has 2 amide bonds. The number of ether oxygens (including phenoxy) is 1. The molecule has 0 spiro atoms. The Labute approximate surface area is 257 Å². The van der Waals surface area contributed by atoms with Crippen LogP contribution >= 0.6 is 0 Å². The van der Waals surface area contributed by atoms with Crippen molar-refractivity contribution in [2.24, 2.45) is 5.92 Å². The highest BCUT2D eigenvalue weighted by molar-refractivity contribution is 5.87. The topological polar surface area (TPSA) is 148 Å². The van der Waals surface area contributed by atoms with Crippen LogP contribution in [0.1, 0.15) is 78.6 Å². The number of aliphatic hydroxyl groups excluding tert-OH is 4. The molecule has 0 saturated carbocycles. The van der Waals surface area contributed by atoms with Crippen molar-refractivity contribution in [1.82, 2.24) is 10.6 Å². The minimum absolute atomic E-state index is 0.0845. The summed E-state index contributed by atoms with van der Waals surface area (Å²) in [5.74, 6) is -0.805. The molecule has 0 aromatic carbocycles. The minimum atomic E-state index is -1.62. The van der Waals surface area contributed by atoms with Crippen molar-refractivity contribution in [2.45, 2.75) is 115 Å². The van der Waals surface area contributed by atoms with E-state index in [1.165, 1.54) is 0 Å². The number of amides is 2. The first-order valence-electron chi connectivity index (χ1n) is 15.5. The summed E-state index contributed by atoms with van der Waals surface area (Å²) in [6.45, 7) is 5.35. The van der Waals surface area contributed by atoms with Gasteiger partial charge >= 0.3 is 0 Å². The molecule has 0 radical (unpaired) electrons. The number of nitrogens with one attached hydrogen (secondary N) is 2. The number of hydrogen-bond donors (Lipinski definition) is 6. The lowest BCUT2D eigenvalue weighted by molar-refractivity contribution is -0.254. The van der Waals surface area contributed by atoms with Crippen LogP contribution in [0.15, 0.2) is 72.9 Å². The Balaban J connectivity index is 2.33. The van der Waals surface area contributed by atoms with E-state index in [2.05, 4.69) is 78.3 Å². The summed E-state index contributed by atoms with van der Waals surface area (Å²) in [5.41, 5.74) is 0. The van der Waals surface area contributed by atoms with Crippen molar-refractivity contribution in [3.8, 4) is 0 Å². The third-order valence-corrected chi connectivity index (χ3v) is 6.70. The maximum absolute atomic E-state index is 12.9. The number of carbonyl (C=O) groups excluding carboxylic acids is 2. The second-order valence-corrected chi connectivity index (χ2v) is 11.0. The van der Waals surface area contributed by atoms with Gasteiger partial charge in [0.05, 0.1) is 6.61 Å². The summed E-state index contributed by atoms with van der Waals surface area (Å²) < 4.78 is 5.09. The van der Waals surface area contributed by atoms with E-state index in [0.717, 1.165) is 38.5 Å². The molecule has 1 aliphatic rings. The molecular formula is C34H54N2O7. The Morgan fingerprint density at radius 1 is 0.767 bits per heavy atom. The Morgan fingerprint density at radius 2 is 1.26 bits per heavy atom. The second-order valence-electron chi connectivity index (χ2n) is 11.0. The highest BCUT2D eigenvalue weighted by atomic mass is 16.6. The fourth-order valence-electron chi connectivity index (χ4n) is 4.34. The van der Waals surface area contributed by atoms with Gasteiger partial charge in [-0.1, -0.05) is 93.7 Å². The van der Waals surface area contributed by atoms with Gasteiger partial charge in [0.25, 0.3) is 0 Å². The van der Waals surface area contributed by atoms with Crippen LogP contribution in [0.4, 0.5) is 0 Å². The van der Waals surface area contributed by atoms with Gasteiger partial charge in [-0.2, -0.15) is 0 Å². The molecule has 6 atom stereocenters. The maximum atomic E-state index is 12.9. The fourth-order valence-corrected chi connectivity index (χ4v) is 4.34. The fraction of sp³-hybridized carbons (Fsp3) is 0.588. The summed E-state index contributed by atoms with van der Waals surface area (Å²) in [5, 5.41) is 45.0. The molecular weight excluding hydrogens is 548 g/mol. The molecule has 0 aliphatic carbocycles. The van der Waals surface area contributed by atoms with Crippen molar-refractivity contribution in [3.63, 3.8) is 0 Å². The molecule has 9 nitrogen and oxygen atoms in total. The summed E-state index contributed by atoms with van der Waals surface area (Å²) in [6.07, 6.45) is 26.3. The van der Waals surface area contributed by atoms with E-state index in [0.29, 0.717) is 12.8 Å². The lowest BCUT2D eigenvalue weighted by Crippen LogP contribution is -2.65. The van der Waals surface area contributed by atoms with Gasteiger partial charge < -0.3 is 35.8 Å². The van der Waals surface area contributed by atoms with E-state index < -0.39 is 49.2 Å². The molecule has 1 unspecified atom stereocenters. The summed E-state index contributed by atoms with van der Waals surface area (Å²) >= 11 is 0. The molecule has 1 rings (SSSR count). The van der Waals surface area contributed by atoms with Gasteiger partial charge in [-0.15, -0.1) is 0 Å². The van der Waals surface area contributed by atoms with Gasteiger partial charge in [0.15, 0.2) is 6.29 Å². The standard InChI is InChI=1S/C34H54N2O7/c1-4-5-6-7-8-9-10-11-12-13-14-15-16-17-18-19-20-21-22-23-29(38)35-27(24-26(2)3)33(41)36-30-32(40)31(39)28(25-37)43-34(30)42/h5-6,8-9,11-12,14-15,17-18,20-21,26-28,30-32,34,37,39-40,42H,4,7,10,13,16,19,22-25H2,1-3H3,(H,35,38)(H,36,41)/t27?,28-,30-,31-,32-,34-/m1/s1. The van der Waals surface area contributed by atoms with Crippen molar-refractivity contribution in [2.75, 3.05) is 6.61 Å². The molecule has 6 N–H and O–H groups in total. The number of carbonyl (C=O) groups is 2. The predicted molar refractivity (Wildman–Crippen MR) is 171 cm³/mol. The molecule has 1 aliphatic heterocycles. The molecule has 0 aromatic heterocycles. The van der Waals surface area contributed by atoms with Gasteiger partial charge in [-0.25, -0.2) is 0 Å². The first-order valence-corrected chi connectivity index (χ1v) is 15.5. The van der Waals surface area contributed by atoms with E-state index >= 15 is 0 Å². The van der Waals surface area contributed by atoms with Gasteiger partial charge in [-0.05, 0) is 57.3 Å². The monoisotopic (exact) mass is 602 g/mol. The van der Waals surface area contributed by atoms with E-state index in [9.17, 15) is 30.0 Å². The molecule has 1 saturated heterocycles. The Morgan fingerprint density at radius 3 is 1.72 bits per heavy atom. The van der Waals surface area contributed by atoms with Gasteiger partial charge in [0, 0.05) is 6.42 Å². The molecule has 9 heteroatoms. The van der Waals surface area contributed by atoms with Crippen LogP contribution in [0.2, 0.25) is 0 Å². The van der Waals surface area contributed by atoms with Crippen LogP contribution in [0.5, 0.6) is 0 Å². The van der Waals surface area contributed by atoms with E-state index in [4.69, 9.17) is 4.74 Å². The lowest BCUT2D eigenvalue weighted by atomic mass is 9.96. The number of aliphatic hydroxyl groups is 4. The largest absolute Gasteiger partial charge is 0.394 e. The van der Waals surface area contributed by atoms with E-state index in [1.807, 2.05) is 26.0 Å². The van der Waals surface area contributed by atoms with Crippen LogP contribution in [-0.4, -0.2) is 75.5 Å². The SMILES string of the molecule is CCC=CCC=CCC=CCC=CCC=CCC=CCCC(=O)NC(CC(C)C)C(=O)N[C@@H]1[C@@H](O)[C@H](O)[C@@H](CO)O[C@H]1O. The average molecular weight is 603 g/mol. The van der Waals surface area contributed by atoms with Crippen LogP contribution in [-0.2, 0) is 14.3 Å². The van der Waals surface area contributed by atoms with Crippen molar-refractivity contribution >= 4 is 11.8 Å². The van der Waals surface area contributed by atoms with Gasteiger partial charge in [0.1, 0.15) is 30.4 Å². The number of allylic oxidation sites excluding steroid dienone is 12. The molecule has 0 bridgehead atoms. The van der Waals surface area contributed by atoms with E-state index in [1.54, 1.807) is 0 Å². The highest BCUT2D eigenvalue weighted by Gasteiger charge is 2.44. The molecule has 0 aromatic rings. The Bertz CT molecular complexity index is 954. The highest BCUT2D eigenvalue weighted by Crippen LogP contribution is 2.20. The maximum Gasteiger partial charge on any atom is 0.243 e. The minimum Gasteiger partial charge on any atom is -0.394 e. The van der Waals surface area contributed by atoms with Crippen molar-refractivity contribution in [1.29, 1.82) is 0 Å². The summed E-state index contributed by atoms with van der Waals surface area (Å²) in [6, 6.07) is -2.19. The first-order chi connectivity index (χ1) is 20.7. The number of rotatable bonds is 20. The smallest absolute Gasteiger partial charge is 0.243 e. The first kappa shape index (κ1) is 38.2. The number of hydrogen-bond acceptors (Lipinski definition) is 7.